The number of nitrogens with one attached hydrogen (secondary N) is 1. The zero-order valence-corrected chi connectivity index (χ0v) is 18.7. The van der Waals surface area contributed by atoms with Crippen molar-refractivity contribution in [1.82, 2.24) is 20.4 Å². The number of methoxy groups -OCH3 is 1. The SMILES string of the molecule is COc1cccc(-c2cc(F)ccc2[C@H]2Cc3nc(N)nc(C)c3C(NOC[C@@H](O)CO)=N2)n1. The van der Waals surface area contributed by atoms with E-state index < -0.39 is 24.6 Å². The van der Waals surface area contributed by atoms with Gasteiger partial charge in [0.1, 0.15) is 18.5 Å². The number of nitrogens with two attached hydrogens (primary N) is 1. The molecule has 0 fully saturated rings. The van der Waals surface area contributed by atoms with Gasteiger partial charge in [0.15, 0.2) is 5.84 Å². The van der Waals surface area contributed by atoms with Crippen LogP contribution in [0.15, 0.2) is 41.4 Å². The van der Waals surface area contributed by atoms with E-state index >= 15 is 0 Å². The second kappa shape index (κ2) is 10.1. The van der Waals surface area contributed by atoms with Crippen LogP contribution in [0.4, 0.5) is 10.3 Å². The summed E-state index contributed by atoms with van der Waals surface area (Å²) in [6.45, 7) is 1.17. The number of aliphatic imine (C=N–C) groups is 1. The molecule has 5 N–H and O–H groups in total. The van der Waals surface area contributed by atoms with Crippen LogP contribution in [-0.4, -0.2) is 57.4 Å². The van der Waals surface area contributed by atoms with E-state index in [0.29, 0.717) is 46.3 Å². The lowest BCUT2D eigenvalue weighted by Gasteiger charge is -2.26. The number of hydrogen-bond acceptors (Lipinski definition) is 10. The predicted molar refractivity (Wildman–Crippen MR) is 123 cm³/mol. The Labute approximate surface area is 195 Å². The highest BCUT2D eigenvalue weighted by atomic mass is 19.1. The molecule has 11 heteroatoms. The number of hydroxylamine groups is 1. The number of anilines is 1. The van der Waals surface area contributed by atoms with Crippen LogP contribution in [0.25, 0.3) is 11.3 Å². The Balaban J connectivity index is 1.77. The molecule has 3 aromatic rings. The first-order valence-corrected chi connectivity index (χ1v) is 10.6. The number of aromatic nitrogens is 3. The third-order valence-electron chi connectivity index (χ3n) is 5.33. The Bertz CT molecular complexity index is 1220. The van der Waals surface area contributed by atoms with Crippen molar-refractivity contribution in [2.75, 3.05) is 26.1 Å². The van der Waals surface area contributed by atoms with Crippen LogP contribution in [-0.2, 0) is 11.3 Å². The number of halogens is 1. The van der Waals surface area contributed by atoms with E-state index in [1.54, 1.807) is 31.2 Å². The maximum Gasteiger partial charge on any atom is 0.220 e. The molecule has 1 aliphatic heterocycles. The van der Waals surface area contributed by atoms with Crippen LogP contribution < -0.4 is 16.0 Å². The van der Waals surface area contributed by atoms with Crippen molar-refractivity contribution in [2.45, 2.75) is 25.5 Å². The first kappa shape index (κ1) is 23.5. The number of nitrogen functional groups attached to an aromatic ring is 1. The number of ether oxygens (including phenoxy) is 1. The molecule has 0 radical (unpaired) electrons. The van der Waals surface area contributed by atoms with Gasteiger partial charge in [-0.25, -0.2) is 24.8 Å². The molecule has 4 rings (SSSR count). The summed E-state index contributed by atoms with van der Waals surface area (Å²) in [4.78, 5) is 23.2. The van der Waals surface area contributed by atoms with Gasteiger partial charge < -0.3 is 20.7 Å². The Hall–Kier alpha value is -3.67. The molecular weight excluding hydrogens is 443 g/mol. The molecule has 1 aliphatic rings. The fourth-order valence-electron chi connectivity index (χ4n) is 3.80. The highest BCUT2D eigenvalue weighted by Crippen LogP contribution is 2.36. The van der Waals surface area contributed by atoms with Crippen molar-refractivity contribution in [3.05, 3.63) is 64.7 Å². The standard InChI is InChI=1S/C23H25FN6O4/c1-12-21-19(29-23(25)26-12)9-18(28-22(21)30-34-11-14(32)10-31)15-7-6-13(24)8-16(15)17-4-3-5-20(27-17)33-2/h3-8,14,18,31-32H,9-11H2,1-2H3,(H,28,30)(H2,25,26,29)/t14-,18+/m0/s1. The zero-order chi connectivity index (χ0) is 24.2. The first-order chi connectivity index (χ1) is 16.4. The summed E-state index contributed by atoms with van der Waals surface area (Å²) in [7, 11) is 1.51. The Morgan fingerprint density at radius 2 is 2.06 bits per heavy atom. The van der Waals surface area contributed by atoms with Crippen LogP contribution in [0.1, 0.15) is 28.6 Å². The van der Waals surface area contributed by atoms with E-state index in [2.05, 4.69) is 20.4 Å². The number of hydrogen-bond donors (Lipinski definition) is 4. The van der Waals surface area contributed by atoms with Gasteiger partial charge in [-0.2, -0.15) is 0 Å². The number of aliphatic hydroxyl groups is 2. The molecular formula is C23H25FN6O4. The average molecular weight is 468 g/mol. The van der Waals surface area contributed by atoms with E-state index in [9.17, 15) is 9.50 Å². The van der Waals surface area contributed by atoms with E-state index in [1.807, 2.05) is 0 Å². The minimum Gasteiger partial charge on any atom is -0.481 e. The van der Waals surface area contributed by atoms with Crippen LogP contribution in [0.3, 0.4) is 0 Å². The smallest absolute Gasteiger partial charge is 0.220 e. The molecule has 34 heavy (non-hydrogen) atoms. The van der Waals surface area contributed by atoms with Gasteiger partial charge in [-0.1, -0.05) is 12.1 Å². The molecule has 1 aromatic carbocycles. The quantitative estimate of drug-likeness (QED) is 0.379. The summed E-state index contributed by atoms with van der Waals surface area (Å²) in [6.07, 6.45) is -0.672. The average Bonchev–Trinajstić information content (AvgIpc) is 2.83. The molecule has 0 unspecified atom stereocenters. The summed E-state index contributed by atoms with van der Waals surface area (Å²) < 4.78 is 19.5. The Morgan fingerprint density at radius 1 is 1.24 bits per heavy atom. The topological polar surface area (TPSA) is 148 Å². The number of benzene rings is 1. The van der Waals surface area contributed by atoms with Gasteiger partial charge in [-0.3, -0.25) is 9.83 Å². The van der Waals surface area contributed by atoms with Crippen LogP contribution in [0.5, 0.6) is 5.88 Å². The predicted octanol–water partition coefficient (Wildman–Crippen LogP) is 1.50. The van der Waals surface area contributed by atoms with Gasteiger partial charge >= 0.3 is 0 Å². The van der Waals surface area contributed by atoms with Crippen molar-refractivity contribution in [1.29, 1.82) is 0 Å². The molecule has 0 aliphatic carbocycles. The largest absolute Gasteiger partial charge is 0.481 e. The number of aliphatic hydroxyl groups excluding tert-OH is 2. The molecule has 2 atom stereocenters. The summed E-state index contributed by atoms with van der Waals surface area (Å²) in [5, 5.41) is 18.6. The highest BCUT2D eigenvalue weighted by Gasteiger charge is 2.28. The zero-order valence-electron chi connectivity index (χ0n) is 18.7. The van der Waals surface area contributed by atoms with Crippen LogP contribution in [0.2, 0.25) is 0 Å². The van der Waals surface area contributed by atoms with Crippen LogP contribution in [0, 0.1) is 12.7 Å². The molecule has 3 heterocycles. The highest BCUT2D eigenvalue weighted by molar-refractivity contribution is 6.01. The van der Waals surface area contributed by atoms with Gasteiger partial charge in [0.2, 0.25) is 11.8 Å². The van der Waals surface area contributed by atoms with Gasteiger partial charge in [-0.05, 0) is 30.7 Å². The lowest BCUT2D eigenvalue weighted by molar-refractivity contribution is -0.0160. The summed E-state index contributed by atoms with van der Waals surface area (Å²) in [5.41, 5.74) is 12.3. The van der Waals surface area contributed by atoms with E-state index in [-0.39, 0.29) is 12.6 Å². The molecule has 178 valence electrons. The van der Waals surface area contributed by atoms with Crippen molar-refractivity contribution >= 4 is 11.8 Å². The minimum atomic E-state index is -1.06. The van der Waals surface area contributed by atoms with E-state index in [4.69, 9.17) is 25.4 Å². The molecule has 10 nitrogen and oxygen atoms in total. The summed E-state index contributed by atoms with van der Waals surface area (Å²) in [5.74, 6) is 0.453. The van der Waals surface area contributed by atoms with Gasteiger partial charge in [-0.15, -0.1) is 0 Å². The van der Waals surface area contributed by atoms with Crippen molar-refractivity contribution in [2.24, 2.45) is 4.99 Å². The molecule has 0 saturated heterocycles. The third kappa shape index (κ3) is 4.96. The molecule has 2 aromatic heterocycles. The van der Waals surface area contributed by atoms with Crippen LogP contribution >= 0.6 is 0 Å². The number of fused-ring (bicyclic) bond motifs is 1. The number of rotatable bonds is 7. The summed E-state index contributed by atoms with van der Waals surface area (Å²) >= 11 is 0. The van der Waals surface area contributed by atoms with Gasteiger partial charge in [0.05, 0.1) is 42.4 Å². The second-order valence-corrected chi connectivity index (χ2v) is 7.73. The Kier molecular flexibility index (Phi) is 6.96. The fraction of sp³-hybridized carbons (Fsp3) is 0.304. The van der Waals surface area contributed by atoms with Gasteiger partial charge in [0.25, 0.3) is 0 Å². The first-order valence-electron chi connectivity index (χ1n) is 10.6. The number of amidine groups is 1. The number of nitrogens with zero attached hydrogens (tertiary/aromatic N) is 4. The van der Waals surface area contributed by atoms with E-state index in [1.165, 1.54) is 19.2 Å². The monoisotopic (exact) mass is 468 g/mol. The van der Waals surface area contributed by atoms with E-state index in [0.717, 1.165) is 5.56 Å². The second-order valence-electron chi connectivity index (χ2n) is 7.73. The normalized spacial score (nSPS) is 15.9. The number of pyridine rings is 1. The van der Waals surface area contributed by atoms with Crippen molar-refractivity contribution < 1.29 is 24.2 Å². The van der Waals surface area contributed by atoms with Crippen molar-refractivity contribution in [3.8, 4) is 17.1 Å². The molecule has 0 saturated carbocycles. The minimum absolute atomic E-state index is 0.127. The third-order valence-corrected chi connectivity index (χ3v) is 5.33. The fourth-order valence-corrected chi connectivity index (χ4v) is 3.80. The molecule has 0 spiro atoms. The summed E-state index contributed by atoms with van der Waals surface area (Å²) in [6, 6.07) is 9.22. The molecule has 0 amide bonds. The van der Waals surface area contributed by atoms with Crippen molar-refractivity contribution in [3.63, 3.8) is 0 Å². The Morgan fingerprint density at radius 3 is 2.82 bits per heavy atom. The molecule has 0 bridgehead atoms. The van der Waals surface area contributed by atoms with Gasteiger partial charge in [0, 0.05) is 18.1 Å². The maximum atomic E-state index is 14.3. The number of aryl methyl sites for hydroxylation is 1. The maximum absolute atomic E-state index is 14.3. The lowest BCUT2D eigenvalue weighted by atomic mass is 9.91. The lowest BCUT2D eigenvalue weighted by Crippen LogP contribution is -2.34.